The molecule has 0 unspecified atom stereocenters. The van der Waals surface area contributed by atoms with Gasteiger partial charge in [-0.15, -0.1) is 0 Å². The third-order valence-electron chi connectivity index (χ3n) is 3.20. The van der Waals surface area contributed by atoms with Gasteiger partial charge in [0.1, 0.15) is 0 Å². The van der Waals surface area contributed by atoms with Gasteiger partial charge in [-0.05, 0) is 0 Å². The second-order valence-electron chi connectivity index (χ2n) is 4.35. The van der Waals surface area contributed by atoms with Crippen LogP contribution in [0.3, 0.4) is 0 Å². The molecule has 0 aliphatic carbocycles. The Morgan fingerprint density at radius 1 is 0.889 bits per heavy atom. The molecule has 0 fully saturated rings. The van der Waals surface area contributed by atoms with Crippen molar-refractivity contribution in [2.24, 2.45) is 0 Å². The summed E-state index contributed by atoms with van der Waals surface area (Å²) >= 11 is 0.427. The summed E-state index contributed by atoms with van der Waals surface area (Å²) in [7, 11) is 0. The van der Waals surface area contributed by atoms with Crippen molar-refractivity contribution in [3.63, 3.8) is 0 Å². The molecule has 3 rings (SSSR count). The average Bonchev–Trinajstić information content (AvgIpc) is 2.47. The van der Waals surface area contributed by atoms with E-state index in [4.69, 9.17) is 0 Å². The first-order valence-electron chi connectivity index (χ1n) is 6.28. The van der Waals surface area contributed by atoms with Gasteiger partial charge < -0.3 is 0 Å². The Morgan fingerprint density at radius 2 is 1.61 bits per heavy atom. The van der Waals surface area contributed by atoms with E-state index in [2.05, 4.69) is 67.6 Å². The Morgan fingerprint density at radius 3 is 2.39 bits per heavy atom. The minimum absolute atomic E-state index is 0.427. The molecule has 0 bridgehead atoms. The summed E-state index contributed by atoms with van der Waals surface area (Å²) in [6.07, 6.45) is 1.10. The van der Waals surface area contributed by atoms with Gasteiger partial charge in [0.15, 0.2) is 0 Å². The van der Waals surface area contributed by atoms with Gasteiger partial charge in [-0.1, -0.05) is 0 Å². The molecule has 3 aromatic rings. The van der Waals surface area contributed by atoms with Crippen molar-refractivity contribution in [3.05, 3.63) is 66.2 Å². The third-order valence-corrected chi connectivity index (χ3v) is 5.61. The molecule has 18 heavy (non-hydrogen) atoms. The van der Waals surface area contributed by atoms with Crippen LogP contribution in [0.25, 0.3) is 19.6 Å². The molecule has 0 atom stereocenters. The van der Waals surface area contributed by atoms with Crippen molar-refractivity contribution in [2.75, 3.05) is 0 Å². The van der Waals surface area contributed by atoms with E-state index in [1.807, 2.05) is 0 Å². The maximum atomic E-state index is 2.40. The van der Waals surface area contributed by atoms with Crippen LogP contribution in [0.1, 0.15) is 12.5 Å². The van der Waals surface area contributed by atoms with Gasteiger partial charge in [0.2, 0.25) is 0 Å². The monoisotopic (exact) mass is 299 g/mol. The summed E-state index contributed by atoms with van der Waals surface area (Å²) in [5, 5.41) is 1.46. The van der Waals surface area contributed by atoms with Crippen LogP contribution in [0, 0.1) is 0 Å². The molecular weight excluding hydrogens is 283 g/mol. The van der Waals surface area contributed by atoms with Crippen LogP contribution in [-0.2, 0) is 6.42 Å². The Bertz CT molecular complexity index is 672. The van der Waals surface area contributed by atoms with Crippen molar-refractivity contribution in [3.8, 4) is 10.0 Å². The quantitative estimate of drug-likeness (QED) is 0.615. The Hall–Kier alpha value is -1.43. The molecule has 0 amide bonds. The molecule has 0 saturated heterocycles. The standard InChI is InChI=1S/C17H15Se/c1-2-13-12-17(14-8-4-3-5-9-14)18-16-11-7-6-10-15(13)16/h3-12H,2H2,1H3/q+1. The number of benzene rings is 2. The van der Waals surface area contributed by atoms with Gasteiger partial charge in [-0.3, -0.25) is 0 Å². The van der Waals surface area contributed by atoms with Crippen molar-refractivity contribution >= 4 is 24.1 Å². The zero-order valence-corrected chi connectivity index (χ0v) is 12.1. The van der Waals surface area contributed by atoms with Crippen LogP contribution in [0.4, 0.5) is 0 Å². The molecule has 1 heteroatoms. The molecule has 0 N–H and O–H groups in total. The van der Waals surface area contributed by atoms with Gasteiger partial charge in [0.05, 0.1) is 0 Å². The average molecular weight is 298 g/mol. The second kappa shape index (κ2) is 5.05. The topological polar surface area (TPSA) is 0 Å². The van der Waals surface area contributed by atoms with Gasteiger partial charge in [0, 0.05) is 0 Å². The number of aryl methyl sites for hydroxylation is 1. The summed E-state index contributed by atoms with van der Waals surface area (Å²) in [6, 6.07) is 22.0. The summed E-state index contributed by atoms with van der Waals surface area (Å²) in [4.78, 5) is 0. The molecule has 0 nitrogen and oxygen atoms in total. The summed E-state index contributed by atoms with van der Waals surface area (Å²) in [5.41, 5.74) is 2.84. The van der Waals surface area contributed by atoms with E-state index in [1.54, 1.807) is 0 Å². The molecule has 0 radical (unpaired) electrons. The third kappa shape index (κ3) is 2.12. The summed E-state index contributed by atoms with van der Waals surface area (Å²) < 4.78 is 3.02. The molecule has 0 aliphatic rings. The van der Waals surface area contributed by atoms with Crippen molar-refractivity contribution in [1.29, 1.82) is 0 Å². The second-order valence-corrected chi connectivity index (χ2v) is 6.63. The van der Waals surface area contributed by atoms with Crippen molar-refractivity contribution < 1.29 is 0 Å². The molecule has 0 saturated carbocycles. The van der Waals surface area contributed by atoms with Crippen LogP contribution in [0.15, 0.2) is 60.7 Å². The van der Waals surface area contributed by atoms with Crippen LogP contribution >= 0.6 is 0 Å². The van der Waals surface area contributed by atoms with Crippen molar-refractivity contribution in [1.82, 2.24) is 0 Å². The minimum atomic E-state index is 0.427. The number of hydrogen-bond acceptors (Lipinski definition) is 0. The molecule has 1 heterocycles. The van der Waals surface area contributed by atoms with Crippen molar-refractivity contribution in [2.45, 2.75) is 13.3 Å². The normalized spacial score (nSPS) is 10.7. The van der Waals surface area contributed by atoms with Crippen LogP contribution in [0.5, 0.6) is 0 Å². The predicted octanol–water partition coefficient (Wildman–Crippen LogP) is 4.41. The SMILES string of the molecule is CCc1cc(-c2ccccc2)[se+]c2ccccc12. The maximum absolute atomic E-state index is 2.40. The molecular formula is C17H15Se+. The molecule has 0 aliphatic heterocycles. The zero-order chi connectivity index (χ0) is 12.4. The van der Waals surface area contributed by atoms with Gasteiger partial charge in [-0.25, -0.2) is 0 Å². The Labute approximate surface area is 114 Å². The first-order valence-corrected chi connectivity index (χ1v) is 8.00. The Balaban J connectivity index is 2.26. The fraction of sp³-hybridized carbons (Fsp3) is 0.118. The number of fused-ring (bicyclic) bond motifs is 1. The summed E-state index contributed by atoms with van der Waals surface area (Å²) in [5.74, 6) is 0. The van der Waals surface area contributed by atoms with Gasteiger partial charge in [-0.2, -0.15) is 0 Å². The van der Waals surface area contributed by atoms with E-state index in [-0.39, 0.29) is 0 Å². The van der Waals surface area contributed by atoms with Crippen LogP contribution < -0.4 is 0 Å². The predicted molar refractivity (Wildman–Crippen MR) is 80.1 cm³/mol. The molecule has 2 aromatic carbocycles. The van der Waals surface area contributed by atoms with Gasteiger partial charge >= 0.3 is 114 Å². The van der Waals surface area contributed by atoms with E-state index in [9.17, 15) is 0 Å². The van der Waals surface area contributed by atoms with E-state index in [0.29, 0.717) is 14.5 Å². The number of rotatable bonds is 2. The molecule has 0 spiro atoms. The Kier molecular flexibility index (Phi) is 3.27. The number of hydrogen-bond donors (Lipinski definition) is 0. The van der Waals surface area contributed by atoms with Crippen LogP contribution in [0.2, 0.25) is 0 Å². The van der Waals surface area contributed by atoms with E-state index < -0.39 is 0 Å². The fourth-order valence-corrected chi connectivity index (χ4v) is 4.65. The van der Waals surface area contributed by atoms with Crippen LogP contribution in [-0.4, -0.2) is 14.5 Å². The molecule has 88 valence electrons. The molecule has 1 aromatic heterocycles. The van der Waals surface area contributed by atoms with E-state index in [0.717, 1.165) is 6.42 Å². The fourth-order valence-electron chi connectivity index (χ4n) is 2.24. The first-order chi connectivity index (χ1) is 8.88. The van der Waals surface area contributed by atoms with E-state index in [1.165, 1.54) is 25.2 Å². The van der Waals surface area contributed by atoms with Gasteiger partial charge in [0.25, 0.3) is 0 Å². The first kappa shape index (κ1) is 11.6. The zero-order valence-electron chi connectivity index (χ0n) is 10.4. The van der Waals surface area contributed by atoms with E-state index >= 15 is 0 Å². The summed E-state index contributed by atoms with van der Waals surface area (Å²) in [6.45, 7) is 2.24.